The Morgan fingerprint density at radius 3 is 2.09 bits per heavy atom. The van der Waals surface area contributed by atoms with Gasteiger partial charge in [-0.25, -0.2) is 22.4 Å². The van der Waals surface area contributed by atoms with E-state index in [0.29, 0.717) is 6.07 Å². The zero-order valence-corrected chi connectivity index (χ0v) is 11.6. The fraction of sp³-hybridized carbons (Fsp3) is 0.500. The molecular weight excluding hydrogens is 314 g/mol. The van der Waals surface area contributed by atoms with E-state index in [9.17, 15) is 31.1 Å². The van der Waals surface area contributed by atoms with Crippen LogP contribution in [0.15, 0.2) is 18.2 Å². The number of alkyl halides is 4. The van der Waals surface area contributed by atoms with Gasteiger partial charge in [0, 0.05) is 19.4 Å². The zero-order valence-electron chi connectivity index (χ0n) is 11.6. The Labute approximate surface area is 123 Å². The van der Waals surface area contributed by atoms with Crippen LogP contribution in [-0.4, -0.2) is 24.4 Å². The standard InChI is InChI=1S/C14H14F6O2/c1-13(17,18)14(19,20)4-2-3-5-22-12(21)9-6-10(15)8-11(16)7-9/h6-8H,2-5H2,1H3. The minimum Gasteiger partial charge on any atom is -0.462 e. The second-order valence-electron chi connectivity index (χ2n) is 4.84. The summed E-state index contributed by atoms with van der Waals surface area (Å²) < 4.78 is 81.3. The second kappa shape index (κ2) is 7.02. The molecule has 1 aromatic carbocycles. The van der Waals surface area contributed by atoms with E-state index in [4.69, 9.17) is 0 Å². The Balaban J connectivity index is 2.37. The quantitative estimate of drug-likeness (QED) is 0.416. The molecule has 1 aromatic rings. The van der Waals surface area contributed by atoms with Crippen molar-refractivity contribution in [3.63, 3.8) is 0 Å². The number of esters is 1. The smallest absolute Gasteiger partial charge is 0.338 e. The van der Waals surface area contributed by atoms with Crippen LogP contribution in [0.3, 0.4) is 0 Å². The molecule has 0 amide bonds. The molecule has 0 heterocycles. The number of ether oxygens (including phenoxy) is 1. The first-order chi connectivity index (χ1) is 10.0. The van der Waals surface area contributed by atoms with Crippen LogP contribution in [0, 0.1) is 11.6 Å². The highest BCUT2D eigenvalue weighted by Crippen LogP contribution is 2.37. The zero-order chi connectivity index (χ0) is 17.0. The highest BCUT2D eigenvalue weighted by Gasteiger charge is 2.51. The maximum Gasteiger partial charge on any atom is 0.338 e. The van der Waals surface area contributed by atoms with Crippen molar-refractivity contribution in [3.8, 4) is 0 Å². The van der Waals surface area contributed by atoms with Gasteiger partial charge in [0.1, 0.15) is 11.6 Å². The number of unbranched alkanes of at least 4 members (excludes halogenated alkanes) is 1. The van der Waals surface area contributed by atoms with Crippen molar-refractivity contribution >= 4 is 5.97 Å². The van der Waals surface area contributed by atoms with E-state index in [1.54, 1.807) is 0 Å². The van der Waals surface area contributed by atoms with Gasteiger partial charge in [-0.1, -0.05) is 0 Å². The van der Waals surface area contributed by atoms with Crippen LogP contribution in [0.2, 0.25) is 0 Å². The van der Waals surface area contributed by atoms with Crippen molar-refractivity contribution in [2.75, 3.05) is 6.61 Å². The van der Waals surface area contributed by atoms with Crippen LogP contribution in [0.4, 0.5) is 26.3 Å². The van der Waals surface area contributed by atoms with Crippen LogP contribution < -0.4 is 0 Å². The van der Waals surface area contributed by atoms with E-state index in [1.165, 1.54) is 0 Å². The second-order valence-corrected chi connectivity index (χ2v) is 4.84. The van der Waals surface area contributed by atoms with Gasteiger partial charge >= 0.3 is 17.8 Å². The maximum absolute atomic E-state index is 12.9. The van der Waals surface area contributed by atoms with Crippen LogP contribution in [0.1, 0.15) is 36.5 Å². The lowest BCUT2D eigenvalue weighted by atomic mass is 10.1. The fourth-order valence-electron chi connectivity index (χ4n) is 1.59. The molecule has 1 rings (SSSR count). The van der Waals surface area contributed by atoms with E-state index in [1.807, 2.05) is 0 Å². The molecule has 22 heavy (non-hydrogen) atoms. The molecule has 0 aliphatic carbocycles. The third-order valence-corrected chi connectivity index (χ3v) is 2.86. The van der Waals surface area contributed by atoms with Crippen LogP contribution in [0.25, 0.3) is 0 Å². The number of halogens is 6. The Bertz CT molecular complexity index is 504. The van der Waals surface area contributed by atoms with Gasteiger partial charge in [0.15, 0.2) is 0 Å². The molecule has 0 bridgehead atoms. The summed E-state index contributed by atoms with van der Waals surface area (Å²) >= 11 is 0. The monoisotopic (exact) mass is 328 g/mol. The van der Waals surface area contributed by atoms with Crippen LogP contribution in [-0.2, 0) is 4.74 Å². The predicted octanol–water partition coefficient (Wildman–Crippen LogP) is 4.58. The first kappa shape index (κ1) is 18.3. The minimum atomic E-state index is -4.14. The molecule has 0 radical (unpaired) electrons. The van der Waals surface area contributed by atoms with Crippen molar-refractivity contribution in [3.05, 3.63) is 35.4 Å². The van der Waals surface area contributed by atoms with Gasteiger partial charge in [0.05, 0.1) is 12.2 Å². The summed E-state index contributed by atoms with van der Waals surface area (Å²) in [5.74, 6) is -11.2. The summed E-state index contributed by atoms with van der Waals surface area (Å²) in [7, 11) is 0. The SMILES string of the molecule is CC(F)(F)C(F)(F)CCCCOC(=O)c1cc(F)cc(F)c1. The first-order valence-corrected chi connectivity index (χ1v) is 6.42. The first-order valence-electron chi connectivity index (χ1n) is 6.42. The number of benzene rings is 1. The highest BCUT2D eigenvalue weighted by atomic mass is 19.3. The molecule has 0 spiro atoms. The van der Waals surface area contributed by atoms with Crippen molar-refractivity contribution < 1.29 is 35.9 Å². The molecule has 0 N–H and O–H groups in total. The molecule has 0 atom stereocenters. The summed E-state index contributed by atoms with van der Waals surface area (Å²) in [5, 5.41) is 0. The van der Waals surface area contributed by atoms with Crippen LogP contribution >= 0.6 is 0 Å². The minimum absolute atomic E-state index is 0.0742. The van der Waals surface area contributed by atoms with Crippen molar-refractivity contribution in [1.29, 1.82) is 0 Å². The number of hydrogen-bond donors (Lipinski definition) is 0. The summed E-state index contributed by atoms with van der Waals surface area (Å²) in [5.41, 5.74) is -0.358. The van der Waals surface area contributed by atoms with Crippen LogP contribution in [0.5, 0.6) is 0 Å². The molecule has 0 saturated carbocycles. The van der Waals surface area contributed by atoms with Crippen molar-refractivity contribution in [1.82, 2.24) is 0 Å². The third-order valence-electron chi connectivity index (χ3n) is 2.86. The summed E-state index contributed by atoms with van der Waals surface area (Å²) in [4.78, 5) is 11.4. The lowest BCUT2D eigenvalue weighted by Gasteiger charge is -2.22. The van der Waals surface area contributed by atoms with Gasteiger partial charge in [-0.05, 0) is 25.0 Å². The summed E-state index contributed by atoms with van der Waals surface area (Å²) in [6, 6.07) is 2.10. The van der Waals surface area contributed by atoms with Gasteiger partial charge < -0.3 is 4.74 Å². The number of carbonyl (C=O) groups excluding carboxylic acids is 1. The topological polar surface area (TPSA) is 26.3 Å². The summed E-state index contributed by atoms with van der Waals surface area (Å²) in [6.45, 7) is -0.187. The number of carbonyl (C=O) groups is 1. The largest absolute Gasteiger partial charge is 0.462 e. The maximum atomic E-state index is 12.9. The van der Waals surface area contributed by atoms with E-state index < -0.39 is 35.9 Å². The van der Waals surface area contributed by atoms with E-state index in [0.717, 1.165) is 12.1 Å². The molecule has 2 nitrogen and oxygen atoms in total. The van der Waals surface area contributed by atoms with E-state index in [-0.39, 0.29) is 31.9 Å². The molecule has 0 unspecified atom stereocenters. The average molecular weight is 328 g/mol. The normalized spacial score (nSPS) is 12.3. The molecule has 124 valence electrons. The van der Waals surface area contributed by atoms with Gasteiger partial charge in [-0.2, -0.15) is 8.78 Å². The highest BCUT2D eigenvalue weighted by molar-refractivity contribution is 5.89. The molecule has 8 heteroatoms. The Hall–Kier alpha value is -1.73. The fourth-order valence-corrected chi connectivity index (χ4v) is 1.59. The Morgan fingerprint density at radius 1 is 1.05 bits per heavy atom. The van der Waals surface area contributed by atoms with Gasteiger partial charge in [0.2, 0.25) is 0 Å². The lowest BCUT2D eigenvalue weighted by Crippen LogP contribution is -2.37. The Morgan fingerprint density at radius 2 is 1.59 bits per heavy atom. The van der Waals surface area contributed by atoms with Gasteiger partial charge in [-0.3, -0.25) is 0 Å². The number of rotatable bonds is 7. The van der Waals surface area contributed by atoms with E-state index in [2.05, 4.69) is 4.74 Å². The molecule has 0 aliphatic rings. The third kappa shape index (κ3) is 5.23. The summed E-state index contributed by atoms with van der Waals surface area (Å²) in [6.07, 6.45) is -1.42. The molecule has 0 fully saturated rings. The van der Waals surface area contributed by atoms with Crippen molar-refractivity contribution in [2.45, 2.75) is 38.0 Å². The van der Waals surface area contributed by atoms with Crippen molar-refractivity contribution in [2.24, 2.45) is 0 Å². The average Bonchev–Trinajstić information content (AvgIpc) is 2.35. The van der Waals surface area contributed by atoms with Gasteiger partial charge in [-0.15, -0.1) is 0 Å². The predicted molar refractivity (Wildman–Crippen MR) is 66.1 cm³/mol. The molecule has 0 aromatic heterocycles. The van der Waals surface area contributed by atoms with Gasteiger partial charge in [0.25, 0.3) is 0 Å². The number of hydrogen-bond acceptors (Lipinski definition) is 2. The lowest BCUT2D eigenvalue weighted by molar-refractivity contribution is -0.201. The Kier molecular flexibility index (Phi) is 5.85. The molecule has 0 saturated heterocycles. The van der Waals surface area contributed by atoms with E-state index >= 15 is 0 Å². The molecular formula is C14H14F6O2. The molecule has 0 aliphatic heterocycles.